The average molecular weight is 277 g/mol. The number of hydrogen-bond donors (Lipinski definition) is 1. The molecule has 1 aromatic rings. The van der Waals surface area contributed by atoms with Crippen molar-refractivity contribution < 1.29 is 19.4 Å². The highest BCUT2D eigenvalue weighted by Gasteiger charge is 2.20. The van der Waals surface area contributed by atoms with Crippen LogP contribution in [0.3, 0.4) is 0 Å². The van der Waals surface area contributed by atoms with E-state index in [4.69, 9.17) is 5.11 Å². The number of carbonyl (C=O) groups is 2. The number of ether oxygens (including phenoxy) is 1. The van der Waals surface area contributed by atoms with E-state index < -0.39 is 5.97 Å². The van der Waals surface area contributed by atoms with E-state index in [0.29, 0.717) is 17.8 Å². The van der Waals surface area contributed by atoms with E-state index in [1.54, 1.807) is 12.1 Å². The van der Waals surface area contributed by atoms with Gasteiger partial charge in [0, 0.05) is 30.9 Å². The minimum Gasteiger partial charge on any atom is -0.465 e. The number of rotatable bonds is 4. The van der Waals surface area contributed by atoms with Gasteiger partial charge >= 0.3 is 5.97 Å². The van der Waals surface area contributed by atoms with Gasteiger partial charge in [0.2, 0.25) is 0 Å². The molecule has 0 bridgehead atoms. The first-order valence-electron chi connectivity index (χ1n) is 6.73. The highest BCUT2D eigenvalue weighted by atomic mass is 16.5. The monoisotopic (exact) mass is 277 g/mol. The Bertz CT molecular complexity index is 493. The number of esters is 1. The molecular weight excluding hydrogens is 258 g/mol. The molecule has 1 N–H and O–H groups in total. The number of nitrogens with zero attached hydrogens (tertiary/aromatic N) is 1. The first-order chi connectivity index (χ1) is 9.69. The number of aliphatic hydroxyl groups excluding tert-OH is 1. The Morgan fingerprint density at radius 1 is 1.45 bits per heavy atom. The van der Waals surface area contributed by atoms with E-state index in [1.165, 1.54) is 7.11 Å². The summed E-state index contributed by atoms with van der Waals surface area (Å²) in [5, 5.41) is 9.14. The topological polar surface area (TPSA) is 66.8 Å². The summed E-state index contributed by atoms with van der Waals surface area (Å²) in [7, 11) is 1.30. The number of aliphatic hydroxyl groups is 1. The normalized spacial score (nSPS) is 16.0. The van der Waals surface area contributed by atoms with Crippen molar-refractivity contribution in [3.05, 3.63) is 29.3 Å². The van der Waals surface area contributed by atoms with Crippen molar-refractivity contribution in [1.82, 2.24) is 0 Å². The van der Waals surface area contributed by atoms with Crippen LogP contribution >= 0.6 is 0 Å². The molecule has 5 nitrogen and oxygen atoms in total. The molecule has 1 aliphatic heterocycles. The molecule has 0 radical (unpaired) electrons. The molecule has 0 aliphatic carbocycles. The molecular formula is C15H19NO4. The van der Waals surface area contributed by atoms with Crippen molar-refractivity contribution in [2.24, 2.45) is 5.92 Å². The molecule has 1 aliphatic rings. The molecule has 0 unspecified atom stereocenters. The summed E-state index contributed by atoms with van der Waals surface area (Å²) in [6.45, 7) is 1.93. The zero-order valence-electron chi connectivity index (χ0n) is 11.5. The maximum Gasteiger partial charge on any atom is 0.338 e. The van der Waals surface area contributed by atoms with Crippen LogP contribution < -0.4 is 4.90 Å². The fourth-order valence-corrected chi connectivity index (χ4v) is 2.51. The number of aldehydes is 1. The molecule has 0 spiro atoms. The quantitative estimate of drug-likeness (QED) is 0.667. The minimum absolute atomic E-state index is 0.231. The van der Waals surface area contributed by atoms with Gasteiger partial charge in [-0.25, -0.2) is 4.79 Å². The lowest BCUT2D eigenvalue weighted by molar-refractivity contribution is 0.0598. The lowest BCUT2D eigenvalue weighted by Crippen LogP contribution is -2.34. The highest BCUT2D eigenvalue weighted by molar-refractivity contribution is 5.99. The first kappa shape index (κ1) is 14.5. The van der Waals surface area contributed by atoms with Gasteiger partial charge in [0.1, 0.15) is 0 Å². The van der Waals surface area contributed by atoms with Gasteiger partial charge in [-0.2, -0.15) is 0 Å². The van der Waals surface area contributed by atoms with Gasteiger partial charge in [0.25, 0.3) is 0 Å². The summed E-state index contributed by atoms with van der Waals surface area (Å²) in [5.74, 6) is -0.135. The number of methoxy groups -OCH3 is 1. The Balaban J connectivity index is 2.18. The van der Waals surface area contributed by atoms with Crippen LogP contribution in [0.2, 0.25) is 0 Å². The van der Waals surface area contributed by atoms with E-state index in [9.17, 15) is 9.59 Å². The summed E-state index contributed by atoms with van der Waals surface area (Å²) in [5.41, 5.74) is 1.56. The summed E-state index contributed by atoms with van der Waals surface area (Å²) < 4.78 is 4.65. The molecule has 0 saturated carbocycles. The third-order valence-electron chi connectivity index (χ3n) is 3.81. The number of carbonyl (C=O) groups excluding carboxylic acids is 2. The molecule has 2 rings (SSSR count). The van der Waals surface area contributed by atoms with E-state index in [2.05, 4.69) is 9.64 Å². The number of anilines is 1. The molecule has 108 valence electrons. The predicted octanol–water partition coefficient (Wildman–Crippen LogP) is 1.49. The van der Waals surface area contributed by atoms with Crippen LogP contribution in [0, 0.1) is 5.92 Å². The Hall–Kier alpha value is -1.88. The van der Waals surface area contributed by atoms with Gasteiger partial charge in [-0.05, 0) is 37.0 Å². The van der Waals surface area contributed by atoms with Crippen molar-refractivity contribution >= 4 is 17.9 Å². The van der Waals surface area contributed by atoms with Crippen molar-refractivity contribution in [3.63, 3.8) is 0 Å². The third-order valence-corrected chi connectivity index (χ3v) is 3.81. The Morgan fingerprint density at radius 3 is 2.70 bits per heavy atom. The van der Waals surface area contributed by atoms with Gasteiger partial charge in [0.15, 0.2) is 6.29 Å². The van der Waals surface area contributed by atoms with Crippen molar-refractivity contribution in [3.8, 4) is 0 Å². The second kappa shape index (κ2) is 6.52. The number of benzene rings is 1. The fourth-order valence-electron chi connectivity index (χ4n) is 2.51. The molecule has 0 aromatic heterocycles. The SMILES string of the molecule is COC(=O)c1ccc(N2CCC(CO)CC2)cc1C=O. The summed E-state index contributed by atoms with van der Waals surface area (Å²) in [6.07, 6.45) is 2.55. The second-order valence-electron chi connectivity index (χ2n) is 4.99. The van der Waals surface area contributed by atoms with E-state index in [1.807, 2.05) is 6.07 Å². The Kier molecular flexibility index (Phi) is 4.74. The van der Waals surface area contributed by atoms with Crippen LogP contribution in [-0.4, -0.2) is 44.2 Å². The van der Waals surface area contributed by atoms with E-state index in [-0.39, 0.29) is 12.2 Å². The lowest BCUT2D eigenvalue weighted by atomic mass is 9.97. The fraction of sp³-hybridized carbons (Fsp3) is 0.467. The smallest absolute Gasteiger partial charge is 0.338 e. The van der Waals surface area contributed by atoms with Gasteiger partial charge in [-0.3, -0.25) is 4.79 Å². The lowest BCUT2D eigenvalue weighted by Gasteiger charge is -2.33. The molecule has 0 amide bonds. The Labute approximate surface area is 118 Å². The molecule has 1 fully saturated rings. The number of piperidine rings is 1. The molecule has 1 aromatic carbocycles. The third kappa shape index (κ3) is 2.99. The second-order valence-corrected chi connectivity index (χ2v) is 4.99. The van der Waals surface area contributed by atoms with Gasteiger partial charge in [-0.1, -0.05) is 0 Å². The van der Waals surface area contributed by atoms with Crippen LogP contribution in [0.4, 0.5) is 5.69 Å². The van der Waals surface area contributed by atoms with Crippen LogP contribution in [0.25, 0.3) is 0 Å². The first-order valence-corrected chi connectivity index (χ1v) is 6.73. The summed E-state index contributed by atoms with van der Waals surface area (Å²) in [6, 6.07) is 5.18. The van der Waals surface area contributed by atoms with Crippen molar-refractivity contribution in [1.29, 1.82) is 0 Å². The number of hydrogen-bond acceptors (Lipinski definition) is 5. The van der Waals surface area contributed by atoms with Crippen LogP contribution in [0.1, 0.15) is 33.6 Å². The maximum absolute atomic E-state index is 11.5. The van der Waals surface area contributed by atoms with Gasteiger partial charge in [-0.15, -0.1) is 0 Å². The van der Waals surface area contributed by atoms with E-state index in [0.717, 1.165) is 31.6 Å². The van der Waals surface area contributed by atoms with Crippen molar-refractivity contribution in [2.45, 2.75) is 12.8 Å². The molecule has 1 heterocycles. The Morgan fingerprint density at radius 2 is 2.15 bits per heavy atom. The molecule has 5 heteroatoms. The van der Waals surface area contributed by atoms with Crippen LogP contribution in [-0.2, 0) is 4.74 Å². The minimum atomic E-state index is -0.502. The zero-order chi connectivity index (χ0) is 14.5. The maximum atomic E-state index is 11.5. The van der Waals surface area contributed by atoms with Gasteiger partial charge < -0.3 is 14.7 Å². The molecule has 20 heavy (non-hydrogen) atoms. The average Bonchev–Trinajstić information content (AvgIpc) is 2.53. The predicted molar refractivity (Wildman–Crippen MR) is 75.2 cm³/mol. The highest BCUT2D eigenvalue weighted by Crippen LogP contribution is 2.25. The largest absolute Gasteiger partial charge is 0.465 e. The molecule has 0 atom stereocenters. The zero-order valence-corrected chi connectivity index (χ0v) is 11.5. The standard InChI is InChI=1S/C15H19NO4/c1-20-15(19)14-3-2-13(8-12(14)10-18)16-6-4-11(9-17)5-7-16/h2-3,8,10-11,17H,4-7,9H2,1H3. The van der Waals surface area contributed by atoms with E-state index >= 15 is 0 Å². The molecule has 1 saturated heterocycles. The van der Waals surface area contributed by atoms with Gasteiger partial charge in [0.05, 0.1) is 12.7 Å². The summed E-state index contributed by atoms with van der Waals surface area (Å²) in [4.78, 5) is 24.8. The van der Waals surface area contributed by atoms with Crippen molar-refractivity contribution in [2.75, 3.05) is 31.7 Å². The van der Waals surface area contributed by atoms with Crippen LogP contribution in [0.15, 0.2) is 18.2 Å². The summed E-state index contributed by atoms with van der Waals surface area (Å²) >= 11 is 0. The van der Waals surface area contributed by atoms with Crippen LogP contribution in [0.5, 0.6) is 0 Å².